The molecule has 2 aliphatic rings. The van der Waals surface area contributed by atoms with E-state index in [9.17, 15) is 18.8 Å². The molecule has 1 saturated heterocycles. The number of thiophene rings is 1. The van der Waals surface area contributed by atoms with Crippen LogP contribution in [0.2, 0.25) is 0 Å². The number of nitrogens with zero attached hydrogens (tertiary/aromatic N) is 5. The van der Waals surface area contributed by atoms with E-state index in [1.54, 1.807) is 26.8 Å². The molecule has 1 amide bonds. The smallest absolute Gasteiger partial charge is 0.333 e. The molecule has 6 rings (SSSR count). The van der Waals surface area contributed by atoms with Crippen molar-refractivity contribution in [3.05, 3.63) is 73.9 Å². The van der Waals surface area contributed by atoms with E-state index in [1.165, 1.54) is 45.2 Å². The first-order chi connectivity index (χ1) is 21.6. The molecule has 45 heavy (non-hydrogen) atoms. The predicted molar refractivity (Wildman–Crippen MR) is 169 cm³/mol. The number of halogens is 1. The van der Waals surface area contributed by atoms with Crippen LogP contribution >= 0.6 is 11.3 Å². The molecule has 0 unspecified atom stereocenters. The van der Waals surface area contributed by atoms with Crippen molar-refractivity contribution in [1.29, 1.82) is 0 Å². The molecular formula is C32H39FN6O5S. The monoisotopic (exact) mass is 638 g/mol. The van der Waals surface area contributed by atoms with Crippen LogP contribution in [0.5, 0.6) is 0 Å². The zero-order valence-electron chi connectivity index (χ0n) is 26.0. The van der Waals surface area contributed by atoms with Gasteiger partial charge in [-0.1, -0.05) is 24.3 Å². The summed E-state index contributed by atoms with van der Waals surface area (Å²) in [6.45, 7) is 8.05. The lowest BCUT2D eigenvalue weighted by Gasteiger charge is -2.33. The van der Waals surface area contributed by atoms with Crippen LogP contribution in [0.1, 0.15) is 75.7 Å². The number of nitrogens with one attached hydrogen (secondary N) is 1. The molecule has 240 valence electrons. The molecule has 1 aliphatic carbocycles. The molecular weight excluding hydrogens is 599 g/mol. The molecule has 4 heterocycles. The number of carbonyl (C=O) groups is 1. The Balaban J connectivity index is 1.55. The molecule has 0 spiro atoms. The van der Waals surface area contributed by atoms with Crippen LogP contribution in [0, 0.1) is 12.7 Å². The maximum atomic E-state index is 14.8. The van der Waals surface area contributed by atoms with Gasteiger partial charge in [0.2, 0.25) is 5.91 Å². The Morgan fingerprint density at radius 3 is 2.53 bits per heavy atom. The van der Waals surface area contributed by atoms with Gasteiger partial charge in [-0.2, -0.15) is 10.2 Å². The first-order valence-electron chi connectivity index (χ1n) is 15.6. The number of amides is 1. The second kappa shape index (κ2) is 12.6. The van der Waals surface area contributed by atoms with Crippen molar-refractivity contribution in [3.8, 4) is 5.00 Å². The Morgan fingerprint density at radius 2 is 1.89 bits per heavy atom. The maximum absolute atomic E-state index is 14.8. The van der Waals surface area contributed by atoms with E-state index in [4.69, 9.17) is 9.47 Å². The van der Waals surface area contributed by atoms with E-state index in [0.717, 1.165) is 29.4 Å². The number of ether oxygens (including phenoxy) is 2. The molecule has 11 nitrogen and oxygen atoms in total. The summed E-state index contributed by atoms with van der Waals surface area (Å²) in [6.07, 6.45) is 6.92. The topological polar surface area (TPSA) is 122 Å². The number of hydrogen-bond acceptors (Lipinski definition) is 8. The standard InChI is InChI=1S/C32H39FN6O5S/c1-5-20-9-10-21(33)17-24(20)25(44-23-11-15-43-16-12-23)18-37-29-26(19(2)28(45-29)39-34-13-14-35-39)27(40)38(31(37)42)32(3,4)30(41)36-22-7-6-8-22/h9-10,13-14,17,22-23,25H,5-8,11-12,15-16,18H2,1-4H3,(H,36,41)/t25-/m0/s1. The Labute approximate surface area is 264 Å². The van der Waals surface area contributed by atoms with Gasteiger partial charge in [0.15, 0.2) is 0 Å². The normalized spacial score (nSPS) is 17.0. The number of aromatic nitrogens is 5. The highest BCUT2D eigenvalue weighted by Crippen LogP contribution is 2.34. The van der Waals surface area contributed by atoms with Crippen molar-refractivity contribution in [3.63, 3.8) is 0 Å². The lowest BCUT2D eigenvalue weighted by molar-refractivity contribution is -0.130. The SMILES string of the molecule is CCc1ccc(F)cc1[C@H](Cn1c(=O)n(C(C)(C)C(=O)NC2CCC2)c(=O)c2c(C)c(-n3nccn3)sc21)OC1CCOCC1. The summed E-state index contributed by atoms with van der Waals surface area (Å²) in [5, 5.41) is 12.4. The Kier molecular flexibility index (Phi) is 8.77. The summed E-state index contributed by atoms with van der Waals surface area (Å²) in [6, 6.07) is 4.66. The van der Waals surface area contributed by atoms with E-state index >= 15 is 0 Å². The molecule has 1 aromatic carbocycles. The highest BCUT2D eigenvalue weighted by Gasteiger charge is 2.38. The third-order valence-electron chi connectivity index (χ3n) is 9.05. The maximum Gasteiger partial charge on any atom is 0.333 e. The molecule has 0 radical (unpaired) electrons. The molecule has 4 aromatic rings. The minimum atomic E-state index is -1.50. The van der Waals surface area contributed by atoms with Gasteiger partial charge in [0.25, 0.3) is 5.56 Å². The van der Waals surface area contributed by atoms with Gasteiger partial charge >= 0.3 is 5.69 Å². The van der Waals surface area contributed by atoms with Gasteiger partial charge in [-0.05, 0) is 82.6 Å². The summed E-state index contributed by atoms with van der Waals surface area (Å²) in [5.74, 6) is -0.800. The fourth-order valence-corrected chi connectivity index (χ4v) is 7.35. The van der Waals surface area contributed by atoms with Crippen molar-refractivity contribution in [2.45, 2.75) is 96.6 Å². The van der Waals surface area contributed by atoms with E-state index in [-0.39, 0.29) is 18.7 Å². The quantitative estimate of drug-likeness (QED) is 0.277. The van der Waals surface area contributed by atoms with Gasteiger partial charge in [0.1, 0.15) is 27.3 Å². The third-order valence-corrected chi connectivity index (χ3v) is 10.3. The van der Waals surface area contributed by atoms with Gasteiger partial charge in [-0.3, -0.25) is 14.2 Å². The van der Waals surface area contributed by atoms with E-state index in [0.29, 0.717) is 58.8 Å². The van der Waals surface area contributed by atoms with Crippen molar-refractivity contribution in [2.24, 2.45) is 0 Å². The fraction of sp³-hybridized carbons (Fsp3) is 0.531. The summed E-state index contributed by atoms with van der Waals surface area (Å²) >= 11 is 1.22. The number of rotatable bonds is 10. The molecule has 1 atom stereocenters. The van der Waals surface area contributed by atoms with Crippen LogP contribution in [-0.2, 0) is 32.8 Å². The molecule has 1 N–H and O–H groups in total. The highest BCUT2D eigenvalue weighted by atomic mass is 32.1. The zero-order valence-corrected chi connectivity index (χ0v) is 26.9. The van der Waals surface area contributed by atoms with E-state index in [2.05, 4.69) is 15.5 Å². The molecule has 13 heteroatoms. The first-order valence-corrected chi connectivity index (χ1v) is 16.4. The Bertz CT molecular complexity index is 1820. The van der Waals surface area contributed by atoms with Gasteiger partial charge in [-0.15, -0.1) is 4.80 Å². The second-order valence-corrected chi connectivity index (χ2v) is 13.3. The van der Waals surface area contributed by atoms with Crippen LogP contribution in [0.15, 0.2) is 40.2 Å². The number of hydrogen-bond donors (Lipinski definition) is 1. The van der Waals surface area contributed by atoms with Crippen molar-refractivity contribution >= 4 is 27.5 Å². The summed E-state index contributed by atoms with van der Waals surface area (Å²) < 4.78 is 29.5. The third kappa shape index (κ3) is 5.88. The van der Waals surface area contributed by atoms with Gasteiger partial charge in [0, 0.05) is 24.8 Å². The molecule has 1 saturated carbocycles. The van der Waals surface area contributed by atoms with Crippen LogP contribution in [-0.4, -0.2) is 55.4 Å². The summed E-state index contributed by atoms with van der Waals surface area (Å²) in [5.41, 5.74) is -0.564. The number of aryl methyl sites for hydroxylation is 2. The van der Waals surface area contributed by atoms with Crippen molar-refractivity contribution in [1.82, 2.24) is 29.4 Å². The van der Waals surface area contributed by atoms with Gasteiger partial charge in [-0.25, -0.2) is 13.8 Å². The van der Waals surface area contributed by atoms with E-state index < -0.39 is 34.6 Å². The average Bonchev–Trinajstić information content (AvgIpc) is 3.65. The number of carbonyl (C=O) groups excluding carboxylic acids is 1. The highest BCUT2D eigenvalue weighted by molar-refractivity contribution is 7.21. The van der Waals surface area contributed by atoms with E-state index in [1.807, 2.05) is 6.92 Å². The van der Waals surface area contributed by atoms with Crippen LogP contribution in [0.25, 0.3) is 15.2 Å². The molecule has 1 aliphatic heterocycles. The zero-order chi connectivity index (χ0) is 31.9. The van der Waals surface area contributed by atoms with Crippen molar-refractivity contribution < 1.29 is 18.7 Å². The van der Waals surface area contributed by atoms with Crippen molar-refractivity contribution in [2.75, 3.05) is 13.2 Å². The van der Waals surface area contributed by atoms with Crippen LogP contribution in [0.4, 0.5) is 4.39 Å². The minimum absolute atomic E-state index is 0.00429. The Hall–Kier alpha value is -3.68. The van der Waals surface area contributed by atoms with Crippen LogP contribution in [0.3, 0.4) is 0 Å². The predicted octanol–water partition coefficient (Wildman–Crippen LogP) is 4.16. The lowest BCUT2D eigenvalue weighted by atomic mass is 9.91. The number of fused-ring (bicyclic) bond motifs is 1. The summed E-state index contributed by atoms with van der Waals surface area (Å²) in [7, 11) is 0. The molecule has 3 aromatic heterocycles. The summed E-state index contributed by atoms with van der Waals surface area (Å²) in [4.78, 5) is 44.3. The lowest BCUT2D eigenvalue weighted by Crippen LogP contribution is -2.57. The molecule has 2 fully saturated rings. The van der Waals surface area contributed by atoms with Gasteiger partial charge in [0.05, 0.1) is 30.4 Å². The molecule has 0 bridgehead atoms. The minimum Gasteiger partial charge on any atom is -0.381 e. The van der Waals surface area contributed by atoms with Crippen LogP contribution < -0.4 is 16.6 Å². The largest absolute Gasteiger partial charge is 0.381 e. The van der Waals surface area contributed by atoms with Gasteiger partial charge < -0.3 is 14.8 Å². The average molecular weight is 639 g/mol. The number of benzene rings is 1. The first kappa shape index (κ1) is 31.3. The second-order valence-electron chi connectivity index (χ2n) is 12.4. The Morgan fingerprint density at radius 1 is 1.18 bits per heavy atom. The fourth-order valence-electron chi connectivity index (χ4n) is 6.13.